The molecule has 5 nitrogen and oxygen atoms in total. The van der Waals surface area contributed by atoms with E-state index >= 15 is 0 Å². The second-order valence-corrected chi connectivity index (χ2v) is 5.05. The van der Waals surface area contributed by atoms with Crippen LogP contribution in [0.2, 0.25) is 0 Å². The molecule has 3 rings (SSSR count). The van der Waals surface area contributed by atoms with Crippen LogP contribution in [0.3, 0.4) is 0 Å². The van der Waals surface area contributed by atoms with E-state index in [0.717, 1.165) is 13.1 Å². The predicted octanol–water partition coefficient (Wildman–Crippen LogP) is 1.07. The summed E-state index contributed by atoms with van der Waals surface area (Å²) in [5.74, 6) is 2.36. The first-order chi connectivity index (χ1) is 9.24. The van der Waals surface area contributed by atoms with Crippen molar-refractivity contribution in [2.75, 3.05) is 27.3 Å². The fourth-order valence-corrected chi connectivity index (χ4v) is 2.85. The van der Waals surface area contributed by atoms with Gasteiger partial charge in [-0.1, -0.05) is 0 Å². The maximum Gasteiger partial charge on any atom is 0.255 e. The highest BCUT2D eigenvalue weighted by molar-refractivity contribution is 5.97. The summed E-state index contributed by atoms with van der Waals surface area (Å²) in [6.45, 7) is 2.02. The maximum absolute atomic E-state index is 12.3. The largest absolute Gasteiger partial charge is 0.497 e. The first kappa shape index (κ1) is 14.9. The minimum atomic E-state index is -0.0705. The second kappa shape index (κ2) is 5.89. The van der Waals surface area contributed by atoms with E-state index in [1.54, 1.807) is 32.4 Å². The Kier molecular flexibility index (Phi) is 4.40. The molecule has 0 aromatic heterocycles. The average Bonchev–Trinajstić information content (AvgIpc) is 2.89. The van der Waals surface area contributed by atoms with E-state index in [1.165, 1.54) is 0 Å². The van der Waals surface area contributed by atoms with Gasteiger partial charge in [0, 0.05) is 25.2 Å². The van der Waals surface area contributed by atoms with Crippen molar-refractivity contribution in [1.29, 1.82) is 0 Å². The molecule has 0 radical (unpaired) electrons. The Labute approximate surface area is 124 Å². The van der Waals surface area contributed by atoms with Gasteiger partial charge in [0.2, 0.25) is 0 Å². The Bertz CT molecular complexity index is 499. The fourth-order valence-electron chi connectivity index (χ4n) is 2.85. The molecule has 2 atom stereocenters. The number of amides is 1. The molecule has 1 aliphatic carbocycles. The highest BCUT2D eigenvalue weighted by Crippen LogP contribution is 2.41. The van der Waals surface area contributed by atoms with Crippen molar-refractivity contribution in [3.05, 3.63) is 23.8 Å². The lowest BCUT2D eigenvalue weighted by Gasteiger charge is -2.12. The van der Waals surface area contributed by atoms with E-state index in [9.17, 15) is 4.79 Å². The van der Waals surface area contributed by atoms with Crippen LogP contribution in [0.15, 0.2) is 18.2 Å². The van der Waals surface area contributed by atoms with Gasteiger partial charge in [-0.25, -0.2) is 0 Å². The van der Waals surface area contributed by atoms with Gasteiger partial charge >= 0.3 is 0 Å². The summed E-state index contributed by atoms with van der Waals surface area (Å²) in [7, 11) is 3.15. The molecule has 2 unspecified atom stereocenters. The summed E-state index contributed by atoms with van der Waals surface area (Å²) >= 11 is 0. The molecule has 1 saturated carbocycles. The lowest BCUT2D eigenvalue weighted by atomic mass is 10.1. The number of hydrogen-bond acceptors (Lipinski definition) is 4. The van der Waals surface area contributed by atoms with Gasteiger partial charge in [0.15, 0.2) is 0 Å². The molecule has 1 amide bonds. The van der Waals surface area contributed by atoms with Gasteiger partial charge in [-0.15, -0.1) is 12.4 Å². The second-order valence-electron chi connectivity index (χ2n) is 5.05. The van der Waals surface area contributed by atoms with Crippen LogP contribution in [0.5, 0.6) is 11.5 Å². The Morgan fingerprint density at radius 2 is 1.95 bits per heavy atom. The van der Waals surface area contributed by atoms with Crippen LogP contribution in [0.1, 0.15) is 10.4 Å². The van der Waals surface area contributed by atoms with E-state index in [2.05, 4.69) is 10.6 Å². The van der Waals surface area contributed by atoms with Gasteiger partial charge in [-0.2, -0.15) is 0 Å². The number of carbonyl (C=O) groups excluding carboxylic acids is 1. The molecular formula is C14H19ClN2O3. The van der Waals surface area contributed by atoms with Crippen molar-refractivity contribution in [2.24, 2.45) is 11.8 Å². The molecule has 2 N–H and O–H groups in total. The molecule has 1 aliphatic heterocycles. The predicted molar refractivity (Wildman–Crippen MR) is 77.9 cm³/mol. The summed E-state index contributed by atoms with van der Waals surface area (Å²) in [5.41, 5.74) is 0.557. The first-order valence-electron chi connectivity index (χ1n) is 6.48. The maximum atomic E-state index is 12.3. The van der Waals surface area contributed by atoms with Crippen molar-refractivity contribution in [3.63, 3.8) is 0 Å². The van der Waals surface area contributed by atoms with E-state index in [4.69, 9.17) is 9.47 Å². The van der Waals surface area contributed by atoms with Crippen molar-refractivity contribution in [3.8, 4) is 11.5 Å². The number of rotatable bonds is 4. The monoisotopic (exact) mass is 298 g/mol. The Hall–Kier alpha value is -1.46. The van der Waals surface area contributed by atoms with Crippen LogP contribution in [-0.2, 0) is 0 Å². The number of fused-ring (bicyclic) bond motifs is 1. The van der Waals surface area contributed by atoms with Gasteiger partial charge in [-0.05, 0) is 24.0 Å². The topological polar surface area (TPSA) is 59.6 Å². The zero-order valence-electron chi connectivity index (χ0n) is 11.5. The number of methoxy groups -OCH3 is 2. The van der Waals surface area contributed by atoms with Crippen molar-refractivity contribution >= 4 is 18.3 Å². The summed E-state index contributed by atoms with van der Waals surface area (Å²) in [4.78, 5) is 12.3. The third kappa shape index (κ3) is 2.55. The summed E-state index contributed by atoms with van der Waals surface area (Å²) in [5, 5.41) is 6.39. The van der Waals surface area contributed by atoms with Gasteiger partial charge in [0.25, 0.3) is 5.91 Å². The van der Waals surface area contributed by atoms with E-state index in [1.807, 2.05) is 0 Å². The molecule has 1 heterocycles. The third-order valence-corrected chi connectivity index (χ3v) is 4.04. The van der Waals surface area contributed by atoms with Crippen LogP contribution in [0.4, 0.5) is 0 Å². The quantitative estimate of drug-likeness (QED) is 0.873. The highest BCUT2D eigenvalue weighted by atomic mass is 35.5. The molecule has 0 spiro atoms. The Morgan fingerprint density at radius 3 is 2.55 bits per heavy atom. The van der Waals surface area contributed by atoms with Gasteiger partial charge in [-0.3, -0.25) is 4.79 Å². The van der Waals surface area contributed by atoms with E-state index in [0.29, 0.717) is 34.9 Å². The van der Waals surface area contributed by atoms with E-state index in [-0.39, 0.29) is 18.3 Å². The molecule has 6 heteroatoms. The molecule has 0 bridgehead atoms. The molecule has 1 aromatic carbocycles. The number of halogens is 1. The minimum absolute atomic E-state index is 0. The highest BCUT2D eigenvalue weighted by Gasteiger charge is 2.53. The smallest absolute Gasteiger partial charge is 0.255 e. The van der Waals surface area contributed by atoms with E-state index < -0.39 is 0 Å². The lowest BCUT2D eigenvalue weighted by molar-refractivity contribution is 0.0943. The molecule has 2 fully saturated rings. The fraction of sp³-hybridized carbons (Fsp3) is 0.500. The van der Waals surface area contributed by atoms with Crippen LogP contribution in [0, 0.1) is 11.8 Å². The lowest BCUT2D eigenvalue weighted by Crippen LogP contribution is -2.32. The third-order valence-electron chi connectivity index (χ3n) is 4.04. The normalized spacial score (nSPS) is 26.2. The zero-order chi connectivity index (χ0) is 13.4. The molecule has 2 aliphatic rings. The summed E-state index contributed by atoms with van der Waals surface area (Å²) in [6, 6.07) is 5.56. The van der Waals surface area contributed by atoms with Crippen LogP contribution in [-0.4, -0.2) is 39.3 Å². The Balaban J connectivity index is 0.00000147. The molecule has 1 aromatic rings. The minimum Gasteiger partial charge on any atom is -0.497 e. The molecule has 110 valence electrons. The molecule has 20 heavy (non-hydrogen) atoms. The van der Waals surface area contributed by atoms with Crippen LogP contribution < -0.4 is 20.1 Å². The number of hydrogen-bond donors (Lipinski definition) is 2. The average molecular weight is 299 g/mol. The van der Waals surface area contributed by atoms with Gasteiger partial charge in [0.1, 0.15) is 11.5 Å². The zero-order valence-corrected chi connectivity index (χ0v) is 12.3. The molecule has 1 saturated heterocycles. The SMILES string of the molecule is COc1ccc(C(=O)NC2C3CNCC32)c(OC)c1.Cl. The van der Waals surface area contributed by atoms with Crippen LogP contribution in [0.25, 0.3) is 0 Å². The summed E-state index contributed by atoms with van der Waals surface area (Å²) in [6.07, 6.45) is 0. The first-order valence-corrected chi connectivity index (χ1v) is 6.48. The van der Waals surface area contributed by atoms with Crippen LogP contribution >= 0.6 is 12.4 Å². The van der Waals surface area contributed by atoms with Gasteiger partial charge in [0.05, 0.1) is 19.8 Å². The molecular weight excluding hydrogens is 280 g/mol. The number of piperidine rings is 1. The summed E-state index contributed by atoms with van der Waals surface area (Å²) < 4.78 is 10.4. The standard InChI is InChI=1S/C14H18N2O3.ClH/c1-18-8-3-4-9(12(5-8)19-2)14(17)16-13-10-6-15-7-11(10)13;/h3-5,10-11,13,15H,6-7H2,1-2H3,(H,16,17);1H. The van der Waals surface area contributed by atoms with Gasteiger partial charge < -0.3 is 20.1 Å². The van der Waals surface area contributed by atoms with Crippen molar-refractivity contribution < 1.29 is 14.3 Å². The number of benzene rings is 1. The number of nitrogens with one attached hydrogen (secondary N) is 2. The van der Waals surface area contributed by atoms with Crippen molar-refractivity contribution in [2.45, 2.75) is 6.04 Å². The number of ether oxygens (including phenoxy) is 2. The Morgan fingerprint density at radius 1 is 1.25 bits per heavy atom. The number of carbonyl (C=O) groups is 1. The van der Waals surface area contributed by atoms with Crippen molar-refractivity contribution in [1.82, 2.24) is 10.6 Å².